The van der Waals surface area contributed by atoms with Crippen molar-refractivity contribution in [1.29, 1.82) is 0 Å². The van der Waals surface area contributed by atoms with Crippen molar-refractivity contribution in [3.63, 3.8) is 0 Å². The molecule has 31 heavy (non-hydrogen) atoms. The van der Waals surface area contributed by atoms with E-state index in [-0.39, 0.29) is 6.16 Å². The number of rotatable bonds is 25. The van der Waals surface area contributed by atoms with Gasteiger partial charge in [-0.05, 0) is 12.8 Å². The minimum atomic E-state index is -3.78. The summed E-state index contributed by atoms with van der Waals surface area (Å²) < 4.78 is 10.7. The van der Waals surface area contributed by atoms with Crippen molar-refractivity contribution in [2.75, 3.05) is 6.16 Å². The first-order valence-electron chi connectivity index (χ1n) is 13.2. The van der Waals surface area contributed by atoms with E-state index >= 15 is 0 Å². The van der Waals surface area contributed by atoms with Gasteiger partial charge in [0.05, 0.1) is 0 Å². The summed E-state index contributed by atoms with van der Waals surface area (Å²) in [6.07, 6.45) is 27.6. The molecule has 0 amide bonds. The van der Waals surface area contributed by atoms with Gasteiger partial charge in [0.1, 0.15) is 0 Å². The van der Waals surface area contributed by atoms with E-state index < -0.39 is 13.6 Å². The summed E-state index contributed by atoms with van der Waals surface area (Å²) >= 11 is 0. The van der Waals surface area contributed by atoms with Crippen molar-refractivity contribution in [3.05, 3.63) is 0 Å². The molecular formula is C25H51O5P. The standard InChI is InChI=1S/C25H51O5P/c26-25(27)23-21-19-17-15-13-11-9-7-5-3-1-2-4-6-8-10-12-14-16-18-20-22-24-31(28,29)30/h1-24H2,(H,26,27)(H2,28,29,30). The maximum atomic E-state index is 10.7. The summed E-state index contributed by atoms with van der Waals surface area (Å²) in [7, 11) is -3.78. The molecular weight excluding hydrogens is 411 g/mol. The quantitative estimate of drug-likeness (QED) is 0.0938. The highest BCUT2D eigenvalue weighted by Gasteiger charge is 2.10. The molecule has 186 valence electrons. The summed E-state index contributed by atoms with van der Waals surface area (Å²) in [5, 5.41) is 8.59. The smallest absolute Gasteiger partial charge is 0.325 e. The highest BCUT2D eigenvalue weighted by Crippen LogP contribution is 2.35. The number of hydrogen-bond acceptors (Lipinski definition) is 2. The molecule has 0 radical (unpaired) electrons. The van der Waals surface area contributed by atoms with Gasteiger partial charge in [-0.2, -0.15) is 0 Å². The highest BCUT2D eigenvalue weighted by molar-refractivity contribution is 7.51. The Bertz CT molecular complexity index is 436. The van der Waals surface area contributed by atoms with Gasteiger partial charge in [-0.1, -0.05) is 128 Å². The molecule has 0 spiro atoms. The summed E-state index contributed by atoms with van der Waals surface area (Å²) in [6.45, 7) is 0. The van der Waals surface area contributed by atoms with Gasteiger partial charge in [0.2, 0.25) is 0 Å². The van der Waals surface area contributed by atoms with Crippen LogP contribution < -0.4 is 0 Å². The number of carboxylic acids is 1. The first-order valence-corrected chi connectivity index (χ1v) is 15.0. The Morgan fingerprint density at radius 3 is 0.903 bits per heavy atom. The lowest BCUT2D eigenvalue weighted by atomic mass is 10.0. The van der Waals surface area contributed by atoms with Crippen LogP contribution in [-0.2, 0) is 9.36 Å². The van der Waals surface area contributed by atoms with Crippen LogP contribution in [0.1, 0.15) is 148 Å². The van der Waals surface area contributed by atoms with Crippen molar-refractivity contribution in [2.45, 2.75) is 148 Å². The van der Waals surface area contributed by atoms with Crippen molar-refractivity contribution in [1.82, 2.24) is 0 Å². The molecule has 0 aliphatic heterocycles. The van der Waals surface area contributed by atoms with Crippen LogP contribution in [0.25, 0.3) is 0 Å². The van der Waals surface area contributed by atoms with Crippen molar-refractivity contribution in [3.8, 4) is 0 Å². The minimum Gasteiger partial charge on any atom is -0.481 e. The van der Waals surface area contributed by atoms with Gasteiger partial charge < -0.3 is 14.9 Å². The number of carbonyl (C=O) groups is 1. The highest BCUT2D eigenvalue weighted by atomic mass is 31.2. The van der Waals surface area contributed by atoms with Crippen LogP contribution >= 0.6 is 7.60 Å². The normalized spacial score (nSPS) is 11.8. The molecule has 0 saturated heterocycles. The molecule has 0 aliphatic rings. The Kier molecular flexibility index (Phi) is 22.5. The Balaban J connectivity index is 3.05. The van der Waals surface area contributed by atoms with E-state index in [9.17, 15) is 9.36 Å². The molecule has 0 rings (SSSR count). The summed E-state index contributed by atoms with van der Waals surface area (Å²) in [4.78, 5) is 28.0. The Morgan fingerprint density at radius 1 is 0.452 bits per heavy atom. The Morgan fingerprint density at radius 2 is 0.677 bits per heavy atom. The molecule has 0 fully saturated rings. The van der Waals surface area contributed by atoms with Gasteiger partial charge in [0, 0.05) is 12.6 Å². The number of unbranched alkanes of at least 4 members (excludes halogenated alkanes) is 21. The fourth-order valence-corrected chi connectivity index (χ4v) is 4.77. The molecule has 0 aromatic heterocycles. The number of aliphatic carboxylic acids is 1. The SMILES string of the molecule is O=C(O)CCCCCCCCCCCCCCCCCCCCCCCCP(=O)(O)O. The first kappa shape index (κ1) is 30.6. The third-order valence-corrected chi connectivity index (χ3v) is 6.99. The lowest BCUT2D eigenvalue weighted by Gasteiger charge is -2.05. The summed E-state index contributed by atoms with van der Waals surface area (Å²) in [5.41, 5.74) is 0. The third kappa shape index (κ3) is 29.6. The zero-order valence-electron chi connectivity index (χ0n) is 20.1. The van der Waals surface area contributed by atoms with Crippen LogP contribution in [0.2, 0.25) is 0 Å². The van der Waals surface area contributed by atoms with E-state index in [1.165, 1.54) is 109 Å². The minimum absolute atomic E-state index is 0.0474. The van der Waals surface area contributed by atoms with Crippen LogP contribution in [0.3, 0.4) is 0 Å². The maximum Gasteiger partial charge on any atom is 0.325 e. The monoisotopic (exact) mass is 462 g/mol. The van der Waals surface area contributed by atoms with Gasteiger partial charge in [-0.25, -0.2) is 0 Å². The molecule has 6 heteroatoms. The Labute approximate surface area is 192 Å². The van der Waals surface area contributed by atoms with E-state index in [0.29, 0.717) is 12.8 Å². The maximum absolute atomic E-state index is 10.7. The fraction of sp³-hybridized carbons (Fsp3) is 0.960. The summed E-state index contributed by atoms with van der Waals surface area (Å²) in [6, 6.07) is 0. The number of hydrogen-bond donors (Lipinski definition) is 3. The van der Waals surface area contributed by atoms with Gasteiger partial charge in [-0.15, -0.1) is 0 Å². The van der Waals surface area contributed by atoms with Gasteiger partial charge in [0.25, 0.3) is 0 Å². The predicted molar refractivity (Wildman–Crippen MR) is 131 cm³/mol. The van der Waals surface area contributed by atoms with Crippen LogP contribution in [-0.4, -0.2) is 27.0 Å². The largest absolute Gasteiger partial charge is 0.481 e. The van der Waals surface area contributed by atoms with Gasteiger partial charge >= 0.3 is 13.6 Å². The molecule has 5 nitrogen and oxygen atoms in total. The second-order valence-electron chi connectivity index (χ2n) is 9.31. The first-order chi connectivity index (χ1) is 14.9. The average Bonchev–Trinajstić information content (AvgIpc) is 2.70. The molecule has 0 aromatic rings. The van der Waals surface area contributed by atoms with Crippen LogP contribution in [0.4, 0.5) is 0 Å². The third-order valence-electron chi connectivity index (χ3n) is 6.09. The van der Waals surface area contributed by atoms with Gasteiger partial charge in [-0.3, -0.25) is 9.36 Å². The molecule has 0 heterocycles. The number of carboxylic acid groups (broad SMARTS) is 1. The molecule has 0 aliphatic carbocycles. The molecule has 0 unspecified atom stereocenters. The van der Waals surface area contributed by atoms with Gasteiger partial charge in [0.15, 0.2) is 0 Å². The van der Waals surface area contributed by atoms with Crippen molar-refractivity contribution < 1.29 is 24.3 Å². The van der Waals surface area contributed by atoms with Crippen LogP contribution in [0, 0.1) is 0 Å². The second kappa shape index (κ2) is 22.8. The van der Waals surface area contributed by atoms with Crippen LogP contribution in [0.5, 0.6) is 0 Å². The van der Waals surface area contributed by atoms with E-state index in [0.717, 1.165) is 25.7 Å². The van der Waals surface area contributed by atoms with E-state index in [2.05, 4.69) is 0 Å². The Hall–Kier alpha value is -0.380. The topological polar surface area (TPSA) is 94.8 Å². The molecule has 3 N–H and O–H groups in total. The molecule has 0 atom stereocenters. The molecule has 0 bridgehead atoms. The second-order valence-corrected chi connectivity index (χ2v) is 11.1. The van der Waals surface area contributed by atoms with E-state index in [4.69, 9.17) is 14.9 Å². The predicted octanol–water partition coefficient (Wildman–Crippen LogP) is 8.22. The van der Waals surface area contributed by atoms with E-state index in [1.807, 2.05) is 0 Å². The van der Waals surface area contributed by atoms with Crippen LogP contribution in [0.15, 0.2) is 0 Å². The average molecular weight is 463 g/mol. The summed E-state index contributed by atoms with van der Waals surface area (Å²) in [5.74, 6) is -0.667. The molecule has 0 aromatic carbocycles. The lowest BCUT2D eigenvalue weighted by Crippen LogP contribution is -1.93. The molecule has 0 saturated carbocycles. The van der Waals surface area contributed by atoms with E-state index in [1.54, 1.807) is 0 Å². The zero-order chi connectivity index (χ0) is 23.0. The van der Waals surface area contributed by atoms with Crippen molar-refractivity contribution in [2.24, 2.45) is 0 Å². The van der Waals surface area contributed by atoms with Crippen molar-refractivity contribution >= 4 is 13.6 Å². The lowest BCUT2D eigenvalue weighted by molar-refractivity contribution is -0.137. The zero-order valence-corrected chi connectivity index (χ0v) is 21.0. The fourth-order valence-electron chi connectivity index (χ4n) is 4.13.